The second-order valence-electron chi connectivity index (χ2n) is 7.29. The van der Waals surface area contributed by atoms with Crippen LogP contribution >= 0.6 is 0 Å². The smallest absolute Gasteiger partial charge is 0.251 e. The van der Waals surface area contributed by atoms with E-state index in [2.05, 4.69) is 29.8 Å². The lowest BCUT2D eigenvalue weighted by Crippen LogP contribution is -2.53. The van der Waals surface area contributed by atoms with Crippen LogP contribution in [-0.2, 0) is 4.79 Å². The largest absolute Gasteiger partial charge is 0.349 e. The van der Waals surface area contributed by atoms with Crippen LogP contribution in [0.5, 0.6) is 0 Å². The molecule has 124 valence electrons. The highest BCUT2D eigenvalue weighted by molar-refractivity contribution is 5.97. The molecule has 2 aliphatic rings. The van der Waals surface area contributed by atoms with Crippen molar-refractivity contribution in [2.24, 2.45) is 5.41 Å². The molecule has 2 fully saturated rings. The van der Waals surface area contributed by atoms with E-state index in [1.165, 1.54) is 0 Å². The monoisotopic (exact) mass is 315 g/mol. The van der Waals surface area contributed by atoms with Gasteiger partial charge in [-0.1, -0.05) is 13.8 Å². The maximum Gasteiger partial charge on any atom is 0.251 e. The minimum absolute atomic E-state index is 0.00937. The lowest BCUT2D eigenvalue weighted by Gasteiger charge is -2.38. The Kier molecular flexibility index (Phi) is 4.39. The number of rotatable bonds is 4. The molecular weight excluding hydrogens is 290 g/mol. The number of carbonyl (C=O) groups excluding carboxylic acids is 2. The quantitative estimate of drug-likeness (QED) is 0.798. The predicted molar refractivity (Wildman–Crippen MR) is 90.4 cm³/mol. The summed E-state index contributed by atoms with van der Waals surface area (Å²) in [6.07, 6.45) is 4.29. The fourth-order valence-electron chi connectivity index (χ4n) is 3.07. The maximum absolute atomic E-state index is 12.5. The van der Waals surface area contributed by atoms with Crippen LogP contribution in [0.25, 0.3) is 0 Å². The number of anilines is 1. The van der Waals surface area contributed by atoms with Crippen molar-refractivity contribution in [3.63, 3.8) is 0 Å². The molecule has 3 N–H and O–H groups in total. The van der Waals surface area contributed by atoms with Gasteiger partial charge in [-0.15, -0.1) is 0 Å². The first-order chi connectivity index (χ1) is 11.0. The van der Waals surface area contributed by atoms with Gasteiger partial charge in [-0.2, -0.15) is 0 Å². The van der Waals surface area contributed by atoms with Gasteiger partial charge >= 0.3 is 0 Å². The molecule has 2 amide bonds. The molecule has 1 aliphatic carbocycles. The van der Waals surface area contributed by atoms with Crippen molar-refractivity contribution in [2.45, 2.75) is 51.6 Å². The third kappa shape index (κ3) is 3.91. The molecule has 0 spiro atoms. The van der Waals surface area contributed by atoms with Gasteiger partial charge < -0.3 is 16.0 Å². The molecule has 1 aliphatic heterocycles. The van der Waals surface area contributed by atoms with Crippen molar-refractivity contribution in [3.05, 3.63) is 29.8 Å². The van der Waals surface area contributed by atoms with E-state index in [0.717, 1.165) is 37.9 Å². The van der Waals surface area contributed by atoms with Gasteiger partial charge in [0.15, 0.2) is 0 Å². The second-order valence-corrected chi connectivity index (χ2v) is 7.29. The van der Waals surface area contributed by atoms with Gasteiger partial charge in [0.1, 0.15) is 0 Å². The average Bonchev–Trinajstić information content (AvgIpc) is 3.31. The van der Waals surface area contributed by atoms with Gasteiger partial charge in [0.05, 0.1) is 6.04 Å². The molecule has 0 bridgehead atoms. The van der Waals surface area contributed by atoms with Gasteiger partial charge in [-0.25, -0.2) is 0 Å². The third-order valence-corrected chi connectivity index (χ3v) is 4.72. The number of nitrogens with one attached hydrogen (secondary N) is 3. The molecule has 1 saturated heterocycles. The van der Waals surface area contributed by atoms with Crippen LogP contribution < -0.4 is 16.0 Å². The molecule has 23 heavy (non-hydrogen) atoms. The number of amides is 2. The predicted octanol–water partition coefficient (Wildman–Crippen LogP) is 2.30. The molecule has 1 atom stereocenters. The summed E-state index contributed by atoms with van der Waals surface area (Å²) >= 11 is 0. The van der Waals surface area contributed by atoms with E-state index >= 15 is 0 Å². The van der Waals surface area contributed by atoms with Crippen molar-refractivity contribution in [1.29, 1.82) is 0 Å². The Bertz CT molecular complexity index is 591. The first kappa shape index (κ1) is 16.0. The second kappa shape index (κ2) is 6.32. The Labute approximate surface area is 137 Å². The van der Waals surface area contributed by atoms with E-state index in [1.54, 1.807) is 24.3 Å². The van der Waals surface area contributed by atoms with Crippen LogP contribution in [-0.4, -0.2) is 30.4 Å². The van der Waals surface area contributed by atoms with Crippen molar-refractivity contribution in [1.82, 2.24) is 10.6 Å². The lowest BCUT2D eigenvalue weighted by atomic mass is 9.77. The van der Waals surface area contributed by atoms with Crippen LogP contribution in [0.2, 0.25) is 0 Å². The van der Waals surface area contributed by atoms with Crippen LogP contribution in [0.3, 0.4) is 0 Å². The highest BCUT2D eigenvalue weighted by Gasteiger charge is 2.37. The fraction of sp³-hybridized carbons (Fsp3) is 0.556. The van der Waals surface area contributed by atoms with Gasteiger partial charge in [0.2, 0.25) is 5.91 Å². The summed E-state index contributed by atoms with van der Waals surface area (Å²) < 4.78 is 0. The zero-order valence-corrected chi connectivity index (χ0v) is 13.8. The number of carbonyl (C=O) groups is 2. The summed E-state index contributed by atoms with van der Waals surface area (Å²) in [4.78, 5) is 24.5. The van der Waals surface area contributed by atoms with Crippen LogP contribution in [0, 0.1) is 5.41 Å². The summed E-state index contributed by atoms with van der Waals surface area (Å²) in [5.41, 5.74) is 1.30. The molecule has 1 heterocycles. The van der Waals surface area contributed by atoms with Gasteiger partial charge in [-0.05, 0) is 61.9 Å². The lowest BCUT2D eigenvalue weighted by molar-refractivity contribution is -0.121. The van der Waals surface area contributed by atoms with Gasteiger partial charge in [0.25, 0.3) is 5.91 Å². The van der Waals surface area contributed by atoms with Crippen LogP contribution in [0.1, 0.15) is 49.9 Å². The van der Waals surface area contributed by atoms with E-state index in [0.29, 0.717) is 11.6 Å². The van der Waals surface area contributed by atoms with Crippen molar-refractivity contribution < 1.29 is 9.59 Å². The zero-order valence-electron chi connectivity index (χ0n) is 13.8. The summed E-state index contributed by atoms with van der Waals surface area (Å²) in [7, 11) is 0. The minimum atomic E-state index is -0.186. The molecule has 3 rings (SSSR count). The van der Waals surface area contributed by atoms with Crippen molar-refractivity contribution in [2.75, 3.05) is 11.9 Å². The van der Waals surface area contributed by atoms with E-state index in [-0.39, 0.29) is 23.3 Å². The molecule has 0 aromatic heterocycles. The first-order valence-corrected chi connectivity index (χ1v) is 8.41. The van der Waals surface area contributed by atoms with E-state index in [9.17, 15) is 9.59 Å². The number of hydrogen-bond acceptors (Lipinski definition) is 3. The molecule has 5 nitrogen and oxygen atoms in total. The number of piperidine rings is 1. The maximum atomic E-state index is 12.5. The molecular formula is C18H25N3O2. The zero-order chi connectivity index (χ0) is 16.4. The molecule has 0 radical (unpaired) electrons. The highest BCUT2D eigenvalue weighted by Crippen LogP contribution is 2.30. The summed E-state index contributed by atoms with van der Waals surface area (Å²) in [5, 5.41) is 9.22. The summed E-state index contributed by atoms with van der Waals surface area (Å²) in [5.74, 6) is -0.0506. The molecule has 1 aromatic rings. The van der Waals surface area contributed by atoms with E-state index in [1.807, 2.05) is 0 Å². The Morgan fingerprint density at radius 2 is 1.87 bits per heavy atom. The van der Waals surface area contributed by atoms with Gasteiger partial charge in [0, 0.05) is 17.3 Å². The normalized spacial score (nSPS) is 23.1. The summed E-state index contributed by atoms with van der Waals surface area (Å²) in [6.45, 7) is 5.12. The van der Waals surface area contributed by atoms with Crippen LogP contribution in [0.4, 0.5) is 5.69 Å². The van der Waals surface area contributed by atoms with Gasteiger partial charge in [-0.3, -0.25) is 9.59 Å². The van der Waals surface area contributed by atoms with Crippen molar-refractivity contribution in [3.8, 4) is 0 Å². The summed E-state index contributed by atoms with van der Waals surface area (Å²) in [6, 6.07) is 7.25. The molecule has 1 aromatic carbocycles. The highest BCUT2D eigenvalue weighted by atomic mass is 16.2. The number of benzene rings is 1. The SMILES string of the molecule is CC1(C)CCCNC1C(=O)Nc1ccc(C(=O)NC2CC2)cc1. The van der Waals surface area contributed by atoms with Crippen LogP contribution in [0.15, 0.2) is 24.3 Å². The van der Waals surface area contributed by atoms with Crippen molar-refractivity contribution >= 4 is 17.5 Å². The number of hydrogen-bond donors (Lipinski definition) is 3. The molecule has 5 heteroatoms. The fourth-order valence-corrected chi connectivity index (χ4v) is 3.07. The minimum Gasteiger partial charge on any atom is -0.349 e. The topological polar surface area (TPSA) is 70.2 Å². The third-order valence-electron chi connectivity index (χ3n) is 4.72. The Morgan fingerprint density at radius 3 is 2.48 bits per heavy atom. The first-order valence-electron chi connectivity index (χ1n) is 8.41. The molecule has 1 saturated carbocycles. The Morgan fingerprint density at radius 1 is 1.17 bits per heavy atom. The average molecular weight is 315 g/mol. The Hall–Kier alpha value is -1.88. The van der Waals surface area contributed by atoms with E-state index in [4.69, 9.17) is 0 Å². The molecule has 1 unspecified atom stereocenters. The van der Waals surface area contributed by atoms with E-state index < -0.39 is 0 Å². The Balaban J connectivity index is 1.61. The standard InChI is InChI=1S/C18H25N3O2/c1-18(2)10-3-11-19-15(18)17(23)21-13-6-4-12(5-7-13)16(22)20-14-8-9-14/h4-7,14-15,19H,3,8-11H2,1-2H3,(H,20,22)(H,21,23).